The van der Waals surface area contributed by atoms with Crippen molar-refractivity contribution in [2.45, 2.75) is 118 Å². The summed E-state index contributed by atoms with van der Waals surface area (Å²) in [6.07, 6.45) is 0.645. The Balaban J connectivity index is 0.917. The van der Waals surface area contributed by atoms with Crippen LogP contribution >= 0.6 is 11.6 Å². The predicted molar refractivity (Wildman–Crippen MR) is 258 cm³/mol. The Morgan fingerprint density at radius 1 is 0.955 bits per heavy atom. The highest BCUT2D eigenvalue weighted by Gasteiger charge is 2.64. The number of amides is 4. The summed E-state index contributed by atoms with van der Waals surface area (Å²) in [6.45, 7) is 24.1. The van der Waals surface area contributed by atoms with Gasteiger partial charge >= 0.3 is 0 Å². The number of pyridine rings is 1. The zero-order valence-electron chi connectivity index (χ0n) is 40.7. The van der Waals surface area contributed by atoms with Crippen LogP contribution in [0.5, 0.6) is 5.75 Å². The zero-order valence-corrected chi connectivity index (χ0v) is 41.5. The molecule has 3 fully saturated rings. The number of hydrogen-bond acceptors (Lipinski definition) is 11. The molecule has 15 nitrogen and oxygen atoms in total. The Morgan fingerprint density at radius 2 is 1.63 bits per heavy atom. The first-order valence-electron chi connectivity index (χ1n) is 23.2. The number of nitrogens with zero attached hydrogens (tertiary/aromatic N) is 5. The normalized spacial score (nSPS) is 22.0. The Labute approximate surface area is 400 Å². The van der Waals surface area contributed by atoms with Crippen molar-refractivity contribution in [1.82, 2.24) is 30.7 Å². The topological polar surface area (TPSA) is 189 Å². The number of piperazine rings is 1. The maximum absolute atomic E-state index is 14.0. The first kappa shape index (κ1) is 51.1. The molecule has 0 bridgehead atoms. The van der Waals surface area contributed by atoms with E-state index in [1.165, 1.54) is 10.5 Å². The Kier molecular flexibility index (Phi) is 15.7. The number of carbonyl (C=O) groups is 4. The molecule has 3 atom stereocenters. The SMILES string of the molecule is CC(C)(C)c1ccc(CNC(=O)[C@@H]2C[C@@H](O)CN2C(=O)[C@@H](NC(=O)COCCN2CCN(c3ccc(C(=O)NC4C(C)(C)C(Oc5ccc(C#N)c(Cl)c5)C4(C)C)cn3)CC2)C(C)(C)C)cc1. The lowest BCUT2D eigenvalue weighted by molar-refractivity contribution is -0.164. The van der Waals surface area contributed by atoms with Crippen molar-refractivity contribution in [3.63, 3.8) is 0 Å². The van der Waals surface area contributed by atoms with Gasteiger partial charge in [0.15, 0.2) is 0 Å². The highest BCUT2D eigenvalue weighted by molar-refractivity contribution is 6.31. The number of benzene rings is 2. The van der Waals surface area contributed by atoms with Gasteiger partial charge in [-0.2, -0.15) is 5.26 Å². The molecule has 6 rings (SSSR count). The molecule has 3 aromatic rings. The fourth-order valence-electron chi connectivity index (χ4n) is 9.83. The lowest BCUT2D eigenvalue weighted by Crippen LogP contribution is -2.74. The van der Waals surface area contributed by atoms with E-state index < -0.39 is 46.2 Å². The van der Waals surface area contributed by atoms with Gasteiger partial charge in [0.05, 0.1) is 28.9 Å². The molecule has 0 unspecified atom stereocenters. The summed E-state index contributed by atoms with van der Waals surface area (Å²) in [7, 11) is 0. The summed E-state index contributed by atoms with van der Waals surface area (Å²) >= 11 is 6.25. The van der Waals surface area contributed by atoms with E-state index in [2.05, 4.69) is 85.3 Å². The van der Waals surface area contributed by atoms with Crippen LogP contribution in [-0.2, 0) is 31.1 Å². The number of hydrogen-bond donors (Lipinski definition) is 4. The molecule has 362 valence electrons. The quantitative estimate of drug-likeness (QED) is 0.142. The van der Waals surface area contributed by atoms with Crippen LogP contribution in [-0.4, -0.2) is 126 Å². The number of likely N-dealkylation sites (tertiary alicyclic amines) is 1. The number of aliphatic hydroxyl groups is 1. The van der Waals surface area contributed by atoms with Crippen LogP contribution in [0, 0.1) is 27.6 Å². The number of anilines is 1. The molecule has 0 spiro atoms. The minimum Gasteiger partial charge on any atom is -0.489 e. The first-order chi connectivity index (χ1) is 31.4. The van der Waals surface area contributed by atoms with Gasteiger partial charge in [-0.25, -0.2) is 4.98 Å². The number of β-amino-alcohol motifs (C(OH)–C–C–N with tert-alkyl or cyclic N) is 1. The number of aliphatic hydroxyl groups excluding tert-OH is 1. The van der Waals surface area contributed by atoms with Crippen molar-refractivity contribution in [3.8, 4) is 11.8 Å². The van der Waals surface area contributed by atoms with E-state index in [4.69, 9.17) is 21.1 Å². The van der Waals surface area contributed by atoms with Crippen LogP contribution in [0.4, 0.5) is 5.82 Å². The fraction of sp³-hybridized carbons (Fsp3) is 0.569. The standard InChI is InChI=1S/C51H69ClN8O7/c1-48(2,3)35-15-11-32(12-16-35)28-55-44(64)39-25-36(61)30-60(39)45(65)42(49(4,5)6)56-41(62)31-66-24-23-58-19-21-59(22-20-58)40-18-14-34(29-54-40)43(63)57-46-50(7,8)47(51(46,9)10)67-37-17-13-33(27-53)38(52)26-37/h11-18,26,29,36,39,42,46-47,61H,19-25,28,30-31H2,1-10H3,(H,55,64)(H,56,62)(H,57,63)/t36-,39+,42-,46?,47?/m1/s1. The summed E-state index contributed by atoms with van der Waals surface area (Å²) in [4.78, 5) is 64.5. The van der Waals surface area contributed by atoms with Gasteiger partial charge in [0.25, 0.3) is 5.91 Å². The van der Waals surface area contributed by atoms with E-state index in [0.29, 0.717) is 35.1 Å². The number of carbonyl (C=O) groups excluding carboxylic acids is 4. The smallest absolute Gasteiger partial charge is 0.253 e. The molecule has 2 saturated heterocycles. The van der Waals surface area contributed by atoms with Crippen LogP contribution in [0.15, 0.2) is 60.8 Å². The molecule has 1 aromatic heterocycles. The van der Waals surface area contributed by atoms with Crippen molar-refractivity contribution in [1.29, 1.82) is 5.26 Å². The molecule has 4 N–H and O–H groups in total. The fourth-order valence-corrected chi connectivity index (χ4v) is 10.0. The van der Waals surface area contributed by atoms with Crippen LogP contribution in [0.25, 0.3) is 0 Å². The lowest BCUT2D eigenvalue weighted by atomic mass is 9.49. The second-order valence-electron chi connectivity index (χ2n) is 21.5. The highest BCUT2D eigenvalue weighted by Crippen LogP contribution is 2.55. The van der Waals surface area contributed by atoms with Crippen molar-refractivity contribution in [2.24, 2.45) is 16.2 Å². The van der Waals surface area contributed by atoms with Crippen LogP contribution in [0.2, 0.25) is 5.02 Å². The molecule has 3 aliphatic rings. The molecule has 4 amide bonds. The van der Waals surface area contributed by atoms with E-state index in [-0.39, 0.29) is 55.5 Å². The van der Waals surface area contributed by atoms with Crippen molar-refractivity contribution >= 4 is 41.0 Å². The number of nitriles is 1. The van der Waals surface area contributed by atoms with Crippen molar-refractivity contribution < 1.29 is 33.8 Å². The van der Waals surface area contributed by atoms with Gasteiger partial charge in [-0.05, 0) is 46.2 Å². The van der Waals surface area contributed by atoms with E-state index in [1.54, 1.807) is 30.5 Å². The Bertz CT molecular complexity index is 2280. The number of ether oxygens (including phenoxy) is 2. The zero-order chi connectivity index (χ0) is 49.1. The van der Waals surface area contributed by atoms with Gasteiger partial charge in [-0.15, -0.1) is 0 Å². The van der Waals surface area contributed by atoms with Crippen molar-refractivity contribution in [2.75, 3.05) is 57.4 Å². The van der Waals surface area contributed by atoms with E-state index >= 15 is 0 Å². The Morgan fingerprint density at radius 3 is 2.21 bits per heavy atom. The summed E-state index contributed by atoms with van der Waals surface area (Å²) in [5.41, 5.74) is 1.49. The van der Waals surface area contributed by atoms with Gasteiger partial charge in [0.2, 0.25) is 17.7 Å². The molecular weight excluding hydrogens is 872 g/mol. The van der Waals surface area contributed by atoms with E-state index in [9.17, 15) is 29.5 Å². The maximum Gasteiger partial charge on any atom is 0.253 e. The largest absolute Gasteiger partial charge is 0.489 e. The van der Waals surface area contributed by atoms with E-state index in [1.807, 2.05) is 51.1 Å². The third-order valence-electron chi connectivity index (χ3n) is 13.5. The maximum atomic E-state index is 14.0. The van der Waals surface area contributed by atoms with E-state index in [0.717, 1.165) is 37.6 Å². The van der Waals surface area contributed by atoms with Crippen LogP contribution in [0.3, 0.4) is 0 Å². The van der Waals surface area contributed by atoms with Gasteiger partial charge in [0.1, 0.15) is 42.4 Å². The second-order valence-corrected chi connectivity index (χ2v) is 21.9. The van der Waals surface area contributed by atoms with Crippen LogP contribution < -0.4 is 25.6 Å². The predicted octanol–water partition coefficient (Wildman–Crippen LogP) is 5.46. The van der Waals surface area contributed by atoms with Crippen LogP contribution in [0.1, 0.15) is 103 Å². The highest BCUT2D eigenvalue weighted by atomic mass is 35.5. The third-order valence-corrected chi connectivity index (χ3v) is 13.8. The molecule has 67 heavy (non-hydrogen) atoms. The molecule has 16 heteroatoms. The monoisotopic (exact) mass is 940 g/mol. The summed E-state index contributed by atoms with van der Waals surface area (Å²) < 4.78 is 12.1. The minimum absolute atomic E-state index is 0.00211. The minimum atomic E-state index is -0.947. The molecular formula is C51H69ClN8O7. The molecule has 2 aliphatic heterocycles. The number of nitrogens with one attached hydrogen (secondary N) is 3. The summed E-state index contributed by atoms with van der Waals surface area (Å²) in [6, 6.07) is 16.8. The van der Waals surface area contributed by atoms with Gasteiger partial charge in [-0.1, -0.05) is 105 Å². The number of aromatic nitrogens is 1. The number of rotatable bonds is 15. The average Bonchev–Trinajstić information content (AvgIpc) is 3.68. The number of halogens is 1. The molecule has 0 radical (unpaired) electrons. The average molecular weight is 942 g/mol. The Hall–Kier alpha value is -5.27. The molecule has 2 aromatic carbocycles. The van der Waals surface area contributed by atoms with Gasteiger partial charge in [-0.3, -0.25) is 24.1 Å². The lowest BCUT2D eigenvalue weighted by Gasteiger charge is -2.63. The summed E-state index contributed by atoms with van der Waals surface area (Å²) in [5.74, 6) is -0.0712. The molecule has 3 heterocycles. The first-order valence-corrected chi connectivity index (χ1v) is 23.6. The third kappa shape index (κ3) is 12.1. The second kappa shape index (κ2) is 20.5. The molecule has 1 aliphatic carbocycles. The van der Waals surface area contributed by atoms with Gasteiger partial charge < -0.3 is 40.3 Å². The van der Waals surface area contributed by atoms with Crippen molar-refractivity contribution in [3.05, 3.63) is 88.1 Å². The van der Waals surface area contributed by atoms with Gasteiger partial charge in [0, 0.05) is 81.4 Å². The molecule has 1 saturated carbocycles. The summed E-state index contributed by atoms with van der Waals surface area (Å²) in [5, 5.41) is 29.1.